The predicted octanol–water partition coefficient (Wildman–Crippen LogP) is 2.83. The number of benzene rings is 1. The van der Waals surface area contributed by atoms with Crippen LogP contribution in [0.4, 0.5) is 0 Å². The Kier molecular flexibility index (Phi) is 8.62. The second-order valence-corrected chi connectivity index (χ2v) is 5.01. The van der Waals surface area contributed by atoms with Crippen molar-refractivity contribution in [3.05, 3.63) is 28.8 Å². The third kappa shape index (κ3) is 6.09. The Balaban J connectivity index is 2.68. The Morgan fingerprint density at radius 3 is 2.45 bits per heavy atom. The third-order valence-corrected chi connectivity index (χ3v) is 3.31. The smallest absolute Gasteiger partial charge is 0.123 e. The summed E-state index contributed by atoms with van der Waals surface area (Å²) in [6.07, 6.45) is 0.989. The van der Waals surface area contributed by atoms with Crippen LogP contribution in [0.2, 0.25) is 5.02 Å². The van der Waals surface area contributed by atoms with Gasteiger partial charge in [-0.3, -0.25) is 4.90 Å². The molecule has 0 aliphatic carbocycles. The molecule has 0 spiro atoms. The maximum Gasteiger partial charge on any atom is 0.123 e. The van der Waals surface area contributed by atoms with Crippen molar-refractivity contribution in [2.45, 2.75) is 13.0 Å². The maximum atomic E-state index is 6.07. The molecule has 0 aliphatic rings. The van der Waals surface area contributed by atoms with Crippen LogP contribution in [0.1, 0.15) is 12.0 Å². The van der Waals surface area contributed by atoms with Crippen molar-refractivity contribution in [3.63, 3.8) is 0 Å². The molecule has 20 heavy (non-hydrogen) atoms. The Bertz CT molecular complexity index is 387. The molecule has 0 fully saturated rings. The summed E-state index contributed by atoms with van der Waals surface area (Å²) in [7, 11) is 5.12. The Morgan fingerprint density at radius 1 is 1.05 bits per heavy atom. The topological polar surface area (TPSA) is 30.9 Å². The zero-order valence-corrected chi connectivity index (χ0v) is 13.3. The van der Waals surface area contributed by atoms with Crippen LogP contribution in [0.15, 0.2) is 18.2 Å². The van der Waals surface area contributed by atoms with Crippen molar-refractivity contribution in [1.29, 1.82) is 0 Å². The van der Waals surface area contributed by atoms with Crippen LogP contribution in [-0.2, 0) is 16.0 Å². The summed E-state index contributed by atoms with van der Waals surface area (Å²) in [5.41, 5.74) is 1.09. The van der Waals surface area contributed by atoms with Gasteiger partial charge in [-0.15, -0.1) is 0 Å². The first-order chi connectivity index (χ1) is 9.71. The highest BCUT2D eigenvalue weighted by Gasteiger charge is 2.10. The number of methoxy groups -OCH3 is 3. The van der Waals surface area contributed by atoms with Crippen molar-refractivity contribution < 1.29 is 14.2 Å². The number of halogens is 1. The lowest BCUT2D eigenvalue weighted by Gasteiger charge is -2.23. The Labute approximate surface area is 126 Å². The lowest BCUT2D eigenvalue weighted by atomic mass is 10.2. The first kappa shape index (κ1) is 17.2. The first-order valence-corrected chi connectivity index (χ1v) is 7.11. The number of rotatable bonds is 10. The molecule has 0 N–H and O–H groups in total. The van der Waals surface area contributed by atoms with Crippen LogP contribution in [0.25, 0.3) is 0 Å². The van der Waals surface area contributed by atoms with Crippen molar-refractivity contribution >= 4 is 11.6 Å². The van der Waals surface area contributed by atoms with Crippen LogP contribution in [-0.4, -0.2) is 52.5 Å². The van der Waals surface area contributed by atoms with Crippen LogP contribution in [0, 0.1) is 0 Å². The highest BCUT2D eigenvalue weighted by Crippen LogP contribution is 2.24. The molecular formula is C15H24ClNO3. The summed E-state index contributed by atoms with van der Waals surface area (Å²) < 4.78 is 15.7. The summed E-state index contributed by atoms with van der Waals surface area (Å²) in [6.45, 7) is 4.07. The summed E-state index contributed by atoms with van der Waals surface area (Å²) >= 11 is 6.07. The summed E-state index contributed by atoms with van der Waals surface area (Å²) in [5.74, 6) is 0.864. The molecule has 1 rings (SSSR count). The van der Waals surface area contributed by atoms with Crippen molar-refractivity contribution in [1.82, 2.24) is 4.90 Å². The van der Waals surface area contributed by atoms with Gasteiger partial charge < -0.3 is 14.2 Å². The molecule has 5 heteroatoms. The molecule has 0 radical (unpaired) electrons. The van der Waals surface area contributed by atoms with Crippen molar-refractivity contribution in [3.8, 4) is 5.75 Å². The molecule has 0 unspecified atom stereocenters. The second kappa shape index (κ2) is 10.00. The van der Waals surface area contributed by atoms with Gasteiger partial charge >= 0.3 is 0 Å². The molecule has 0 aliphatic heterocycles. The lowest BCUT2D eigenvalue weighted by molar-refractivity contribution is 0.128. The van der Waals surface area contributed by atoms with E-state index in [1.54, 1.807) is 21.3 Å². The molecule has 0 heterocycles. The molecule has 0 saturated carbocycles. The number of hydrogen-bond donors (Lipinski definition) is 0. The zero-order valence-electron chi connectivity index (χ0n) is 12.5. The van der Waals surface area contributed by atoms with E-state index < -0.39 is 0 Å². The average Bonchev–Trinajstić information content (AvgIpc) is 2.45. The standard InChI is InChI=1S/C15H24ClNO3/c1-18-9-4-7-17(8-10-19-2)12-13-11-14(16)5-6-15(13)20-3/h5-6,11H,4,7-10,12H2,1-3H3. The van der Waals surface area contributed by atoms with Gasteiger partial charge in [-0.2, -0.15) is 0 Å². The molecule has 0 atom stereocenters. The largest absolute Gasteiger partial charge is 0.496 e. The van der Waals surface area contributed by atoms with E-state index in [-0.39, 0.29) is 0 Å². The molecule has 1 aromatic carbocycles. The van der Waals surface area contributed by atoms with Gasteiger partial charge in [0.25, 0.3) is 0 Å². The first-order valence-electron chi connectivity index (χ1n) is 6.74. The van der Waals surface area contributed by atoms with Gasteiger partial charge in [0.15, 0.2) is 0 Å². The minimum Gasteiger partial charge on any atom is -0.496 e. The molecular weight excluding hydrogens is 278 g/mol. The highest BCUT2D eigenvalue weighted by molar-refractivity contribution is 6.30. The fourth-order valence-electron chi connectivity index (χ4n) is 2.03. The average molecular weight is 302 g/mol. The molecule has 0 amide bonds. The monoisotopic (exact) mass is 301 g/mol. The van der Waals surface area contributed by atoms with Crippen LogP contribution >= 0.6 is 11.6 Å². The summed E-state index contributed by atoms with van der Waals surface area (Å²) in [4.78, 5) is 2.32. The summed E-state index contributed by atoms with van der Waals surface area (Å²) in [6, 6.07) is 5.70. The quantitative estimate of drug-likeness (QED) is 0.622. The fraction of sp³-hybridized carbons (Fsp3) is 0.600. The normalized spacial score (nSPS) is 11.1. The SMILES string of the molecule is COCCCN(CCOC)Cc1cc(Cl)ccc1OC. The fourth-order valence-corrected chi connectivity index (χ4v) is 2.23. The van der Waals surface area contributed by atoms with E-state index in [1.165, 1.54) is 0 Å². The van der Waals surface area contributed by atoms with E-state index >= 15 is 0 Å². The number of nitrogens with zero attached hydrogens (tertiary/aromatic N) is 1. The second-order valence-electron chi connectivity index (χ2n) is 4.57. The third-order valence-electron chi connectivity index (χ3n) is 3.07. The van der Waals surface area contributed by atoms with E-state index in [0.717, 1.165) is 49.0 Å². The van der Waals surface area contributed by atoms with Gasteiger partial charge in [0, 0.05) is 51.0 Å². The van der Waals surface area contributed by atoms with Gasteiger partial charge in [0.1, 0.15) is 5.75 Å². The van der Waals surface area contributed by atoms with E-state index in [9.17, 15) is 0 Å². The zero-order chi connectivity index (χ0) is 14.8. The maximum absolute atomic E-state index is 6.07. The van der Waals surface area contributed by atoms with Gasteiger partial charge in [-0.25, -0.2) is 0 Å². The van der Waals surface area contributed by atoms with Gasteiger partial charge in [0.2, 0.25) is 0 Å². The molecule has 1 aromatic rings. The Hall–Kier alpha value is -0.810. The van der Waals surface area contributed by atoms with Gasteiger partial charge in [-0.05, 0) is 24.6 Å². The van der Waals surface area contributed by atoms with Gasteiger partial charge in [-0.1, -0.05) is 11.6 Å². The molecule has 4 nitrogen and oxygen atoms in total. The van der Waals surface area contributed by atoms with E-state index in [4.69, 9.17) is 25.8 Å². The molecule has 0 aromatic heterocycles. The van der Waals surface area contributed by atoms with Crippen molar-refractivity contribution in [2.75, 3.05) is 47.6 Å². The van der Waals surface area contributed by atoms with Gasteiger partial charge in [0.05, 0.1) is 13.7 Å². The van der Waals surface area contributed by atoms with E-state index in [1.807, 2.05) is 18.2 Å². The molecule has 0 saturated heterocycles. The van der Waals surface area contributed by atoms with Crippen LogP contribution < -0.4 is 4.74 Å². The Morgan fingerprint density at radius 2 is 1.80 bits per heavy atom. The van der Waals surface area contributed by atoms with E-state index in [2.05, 4.69) is 4.90 Å². The minimum atomic E-state index is 0.704. The highest BCUT2D eigenvalue weighted by atomic mass is 35.5. The van der Waals surface area contributed by atoms with Crippen molar-refractivity contribution in [2.24, 2.45) is 0 Å². The summed E-state index contributed by atoms with van der Waals surface area (Å²) in [5, 5.41) is 0.726. The predicted molar refractivity (Wildman–Crippen MR) is 81.7 cm³/mol. The number of hydrogen-bond acceptors (Lipinski definition) is 4. The van der Waals surface area contributed by atoms with E-state index in [0.29, 0.717) is 6.61 Å². The lowest BCUT2D eigenvalue weighted by Crippen LogP contribution is -2.29. The molecule has 0 bridgehead atoms. The minimum absolute atomic E-state index is 0.704. The number of ether oxygens (including phenoxy) is 3. The van der Waals surface area contributed by atoms with Crippen LogP contribution in [0.5, 0.6) is 5.75 Å². The molecule has 114 valence electrons. The van der Waals surface area contributed by atoms with Crippen LogP contribution in [0.3, 0.4) is 0 Å².